The molecule has 6 heteroatoms. The fourth-order valence-electron chi connectivity index (χ4n) is 3.35. The maximum absolute atomic E-state index is 13.0. The third kappa shape index (κ3) is 2.80. The summed E-state index contributed by atoms with van der Waals surface area (Å²) >= 11 is 1.75. The number of carbonyl (C=O) groups is 3. The quantitative estimate of drug-likeness (QED) is 0.766. The minimum absolute atomic E-state index is 0.235. The van der Waals surface area contributed by atoms with Crippen LogP contribution in [0.4, 0.5) is 5.69 Å². The minimum atomic E-state index is -0.398. The molecule has 0 N–H and O–H groups in total. The Morgan fingerprint density at radius 2 is 1.65 bits per heavy atom. The fraction of sp³-hybridized carbons (Fsp3) is 0.250. The van der Waals surface area contributed by atoms with Gasteiger partial charge >= 0.3 is 0 Å². The van der Waals surface area contributed by atoms with Gasteiger partial charge in [0.15, 0.2) is 0 Å². The molecule has 2 heterocycles. The highest BCUT2D eigenvalue weighted by Crippen LogP contribution is 2.37. The van der Waals surface area contributed by atoms with Gasteiger partial charge in [0, 0.05) is 16.7 Å². The average molecular weight is 366 g/mol. The van der Waals surface area contributed by atoms with Gasteiger partial charge in [-0.25, -0.2) is 0 Å². The van der Waals surface area contributed by atoms with Gasteiger partial charge in [0.2, 0.25) is 5.91 Å². The molecule has 2 aliphatic heterocycles. The summed E-state index contributed by atoms with van der Waals surface area (Å²) < 4.78 is 0. The minimum Gasteiger partial charge on any atom is -0.310 e. The summed E-state index contributed by atoms with van der Waals surface area (Å²) in [5.74, 6) is -1.03. The molecule has 0 aliphatic carbocycles. The lowest BCUT2D eigenvalue weighted by Gasteiger charge is -2.24. The summed E-state index contributed by atoms with van der Waals surface area (Å²) in [6, 6.07) is 14.5. The lowest BCUT2D eigenvalue weighted by atomic mass is 10.1. The molecule has 0 saturated carbocycles. The highest BCUT2D eigenvalue weighted by molar-refractivity contribution is 8.00. The molecule has 26 heavy (non-hydrogen) atoms. The molecule has 2 aromatic rings. The normalized spacial score (nSPS) is 19.2. The molecule has 0 spiro atoms. The standard InChI is InChI=1S/C20H18N2O3S/c1-13-10-11-21(16-8-4-5-9-17(16)26-13)18(23)12-22-19(24)14-6-2-3-7-15(14)20(22)25/h2-9,13H,10-12H2,1H3/t13-/m0/s1. The van der Waals surface area contributed by atoms with E-state index in [9.17, 15) is 14.4 Å². The maximum atomic E-state index is 13.0. The van der Waals surface area contributed by atoms with Crippen molar-refractivity contribution in [3.8, 4) is 0 Å². The zero-order valence-electron chi connectivity index (χ0n) is 14.3. The molecule has 1 atom stereocenters. The van der Waals surface area contributed by atoms with Crippen LogP contribution in [0.5, 0.6) is 0 Å². The van der Waals surface area contributed by atoms with Crippen molar-refractivity contribution in [1.29, 1.82) is 0 Å². The number of para-hydroxylation sites is 1. The zero-order chi connectivity index (χ0) is 18.3. The predicted octanol–water partition coefficient (Wildman–Crippen LogP) is 3.20. The SMILES string of the molecule is C[C@H]1CCN(C(=O)CN2C(=O)c3ccccc3C2=O)c2ccccc2S1. The van der Waals surface area contributed by atoms with Crippen molar-refractivity contribution in [2.24, 2.45) is 0 Å². The Labute approximate surface area is 156 Å². The van der Waals surface area contributed by atoms with Crippen LogP contribution in [-0.2, 0) is 4.79 Å². The summed E-state index contributed by atoms with van der Waals surface area (Å²) in [6.45, 7) is 2.48. The molecule has 0 unspecified atom stereocenters. The fourth-order valence-corrected chi connectivity index (χ4v) is 4.46. The molecule has 4 rings (SSSR count). The third-order valence-corrected chi connectivity index (χ3v) is 5.95. The summed E-state index contributed by atoms with van der Waals surface area (Å²) in [5.41, 5.74) is 1.58. The van der Waals surface area contributed by atoms with Crippen molar-refractivity contribution in [1.82, 2.24) is 4.90 Å². The largest absolute Gasteiger partial charge is 0.310 e. The van der Waals surface area contributed by atoms with Crippen molar-refractivity contribution in [2.75, 3.05) is 18.0 Å². The lowest BCUT2D eigenvalue weighted by molar-refractivity contribution is -0.119. The van der Waals surface area contributed by atoms with Crippen LogP contribution in [-0.4, -0.2) is 41.0 Å². The molecule has 0 aromatic heterocycles. The maximum Gasteiger partial charge on any atom is 0.262 e. The summed E-state index contributed by atoms with van der Waals surface area (Å²) in [7, 11) is 0. The van der Waals surface area contributed by atoms with Crippen molar-refractivity contribution < 1.29 is 14.4 Å². The molecular formula is C20H18N2O3S. The number of anilines is 1. The number of rotatable bonds is 2. The molecule has 0 fully saturated rings. The number of carbonyl (C=O) groups excluding carboxylic acids is 3. The van der Waals surface area contributed by atoms with Crippen LogP contribution in [0.1, 0.15) is 34.1 Å². The first-order valence-corrected chi connectivity index (χ1v) is 9.45. The van der Waals surface area contributed by atoms with E-state index in [0.717, 1.165) is 21.9 Å². The van der Waals surface area contributed by atoms with Gasteiger partial charge < -0.3 is 4.90 Å². The van der Waals surface area contributed by atoms with Crippen molar-refractivity contribution in [3.05, 3.63) is 59.7 Å². The summed E-state index contributed by atoms with van der Waals surface area (Å²) in [6.07, 6.45) is 0.854. The van der Waals surface area contributed by atoms with Gasteiger partial charge in [-0.05, 0) is 30.7 Å². The number of hydrogen-bond acceptors (Lipinski definition) is 4. The summed E-state index contributed by atoms with van der Waals surface area (Å²) in [4.78, 5) is 41.8. The van der Waals surface area contributed by atoms with Gasteiger partial charge in [-0.1, -0.05) is 31.2 Å². The number of imide groups is 1. The Balaban J connectivity index is 1.60. The van der Waals surface area contributed by atoms with E-state index in [1.54, 1.807) is 40.9 Å². The van der Waals surface area contributed by atoms with E-state index >= 15 is 0 Å². The van der Waals surface area contributed by atoms with E-state index in [1.165, 1.54) is 0 Å². The molecule has 0 radical (unpaired) electrons. The Morgan fingerprint density at radius 1 is 1.04 bits per heavy atom. The average Bonchev–Trinajstić information content (AvgIpc) is 2.79. The molecular weight excluding hydrogens is 348 g/mol. The van der Waals surface area contributed by atoms with Gasteiger partial charge in [0.1, 0.15) is 6.54 Å². The van der Waals surface area contributed by atoms with Gasteiger partial charge in [-0.3, -0.25) is 19.3 Å². The van der Waals surface area contributed by atoms with Gasteiger partial charge in [-0.2, -0.15) is 0 Å². The number of hydrogen-bond donors (Lipinski definition) is 0. The second-order valence-electron chi connectivity index (χ2n) is 6.47. The number of benzene rings is 2. The molecule has 132 valence electrons. The molecule has 0 bridgehead atoms. The highest BCUT2D eigenvalue weighted by atomic mass is 32.2. The monoisotopic (exact) mass is 366 g/mol. The highest BCUT2D eigenvalue weighted by Gasteiger charge is 2.37. The Morgan fingerprint density at radius 3 is 2.35 bits per heavy atom. The number of fused-ring (bicyclic) bond motifs is 2. The van der Waals surface area contributed by atoms with E-state index in [2.05, 4.69) is 6.92 Å². The lowest BCUT2D eigenvalue weighted by Crippen LogP contribution is -2.43. The van der Waals surface area contributed by atoms with E-state index in [1.807, 2.05) is 24.3 Å². The van der Waals surface area contributed by atoms with Gasteiger partial charge in [-0.15, -0.1) is 11.8 Å². The topological polar surface area (TPSA) is 57.7 Å². The number of thioether (sulfide) groups is 1. The first kappa shape index (κ1) is 16.8. The Kier molecular flexibility index (Phi) is 4.28. The van der Waals surface area contributed by atoms with Gasteiger partial charge in [0.25, 0.3) is 11.8 Å². The second-order valence-corrected chi connectivity index (χ2v) is 7.95. The molecule has 2 aliphatic rings. The van der Waals surface area contributed by atoms with Crippen LogP contribution < -0.4 is 4.90 Å². The van der Waals surface area contributed by atoms with Crippen molar-refractivity contribution in [2.45, 2.75) is 23.5 Å². The smallest absolute Gasteiger partial charge is 0.262 e. The second kappa shape index (κ2) is 6.61. The van der Waals surface area contributed by atoms with E-state index < -0.39 is 11.8 Å². The number of amides is 3. The van der Waals surface area contributed by atoms with E-state index in [4.69, 9.17) is 0 Å². The first-order valence-electron chi connectivity index (χ1n) is 8.57. The van der Waals surface area contributed by atoms with Crippen LogP contribution in [0.3, 0.4) is 0 Å². The van der Waals surface area contributed by atoms with Crippen LogP contribution in [0.2, 0.25) is 0 Å². The first-order chi connectivity index (χ1) is 12.6. The summed E-state index contributed by atoms with van der Waals surface area (Å²) in [5, 5.41) is 0.397. The molecule has 2 aromatic carbocycles. The third-order valence-electron chi connectivity index (χ3n) is 4.72. The predicted molar refractivity (Wildman–Crippen MR) is 101 cm³/mol. The van der Waals surface area contributed by atoms with Crippen LogP contribution >= 0.6 is 11.8 Å². The van der Waals surface area contributed by atoms with Crippen molar-refractivity contribution in [3.63, 3.8) is 0 Å². The van der Waals surface area contributed by atoms with E-state index in [0.29, 0.717) is 22.9 Å². The molecule has 0 saturated heterocycles. The Bertz CT molecular complexity index is 876. The van der Waals surface area contributed by atoms with Crippen molar-refractivity contribution >= 4 is 35.2 Å². The number of nitrogens with zero attached hydrogens (tertiary/aromatic N) is 2. The van der Waals surface area contributed by atoms with Crippen LogP contribution in [0.15, 0.2) is 53.4 Å². The Hall–Kier alpha value is -2.60. The van der Waals surface area contributed by atoms with E-state index in [-0.39, 0.29) is 12.5 Å². The molecule has 3 amide bonds. The zero-order valence-corrected chi connectivity index (χ0v) is 15.2. The van der Waals surface area contributed by atoms with Crippen LogP contribution in [0, 0.1) is 0 Å². The van der Waals surface area contributed by atoms with Gasteiger partial charge in [0.05, 0.1) is 16.8 Å². The molecule has 5 nitrogen and oxygen atoms in total. The van der Waals surface area contributed by atoms with Crippen LogP contribution in [0.25, 0.3) is 0 Å².